The molecule has 1 heterocycles. The fraction of sp³-hybridized carbons (Fsp3) is 0.214. The van der Waals surface area contributed by atoms with Crippen LogP contribution in [0.4, 0.5) is 11.4 Å². The summed E-state index contributed by atoms with van der Waals surface area (Å²) in [5, 5.41) is 4.55. The highest BCUT2D eigenvalue weighted by molar-refractivity contribution is 7.80. The Labute approximate surface area is 236 Å². The number of anilines is 2. The zero-order chi connectivity index (χ0) is 27.9. The number of carbonyl (C=O) groups excluding carboxylic acids is 3. The van der Waals surface area contributed by atoms with Gasteiger partial charge in [-0.1, -0.05) is 18.5 Å². The summed E-state index contributed by atoms with van der Waals surface area (Å²) in [6, 6.07) is 18.9. The van der Waals surface area contributed by atoms with Gasteiger partial charge >= 0.3 is 0 Å². The average molecular weight is 567 g/mol. The van der Waals surface area contributed by atoms with Gasteiger partial charge in [-0.15, -0.1) is 0 Å². The first-order chi connectivity index (χ1) is 18.8. The van der Waals surface area contributed by atoms with Crippen LogP contribution in [0.5, 0.6) is 11.5 Å². The maximum atomic E-state index is 13.6. The van der Waals surface area contributed by atoms with Gasteiger partial charge in [-0.2, -0.15) is 0 Å². The second kappa shape index (κ2) is 12.6. The van der Waals surface area contributed by atoms with E-state index in [2.05, 4.69) is 10.7 Å². The van der Waals surface area contributed by atoms with Gasteiger partial charge in [0.2, 0.25) is 11.0 Å². The Balaban J connectivity index is 1.54. The lowest BCUT2D eigenvalue weighted by molar-refractivity contribution is -0.124. The van der Waals surface area contributed by atoms with Crippen LogP contribution in [0.25, 0.3) is 0 Å². The molecule has 3 aromatic rings. The third-order valence-electron chi connectivity index (χ3n) is 5.86. The van der Waals surface area contributed by atoms with Crippen molar-refractivity contribution in [2.45, 2.75) is 25.8 Å². The van der Waals surface area contributed by atoms with Gasteiger partial charge in [-0.3, -0.25) is 24.7 Å². The normalized spacial score (nSPS) is 14.8. The molecular formula is C28H27ClN4O5S. The van der Waals surface area contributed by atoms with Crippen LogP contribution in [0.2, 0.25) is 5.02 Å². The zero-order valence-electron chi connectivity index (χ0n) is 21.3. The largest absolute Gasteiger partial charge is 0.497 e. The minimum absolute atomic E-state index is 0.0303. The molecule has 39 heavy (non-hydrogen) atoms. The topological polar surface area (TPSA) is 100 Å². The van der Waals surface area contributed by atoms with E-state index in [1.165, 1.54) is 17.0 Å². The maximum Gasteiger partial charge on any atom is 0.269 e. The number of hydrazine groups is 1. The van der Waals surface area contributed by atoms with Crippen molar-refractivity contribution in [2.24, 2.45) is 0 Å². The first-order valence-corrected chi connectivity index (χ1v) is 13.0. The Kier molecular flexibility index (Phi) is 9.00. The molecule has 0 saturated carbocycles. The lowest BCUT2D eigenvalue weighted by atomic mass is 10.1. The van der Waals surface area contributed by atoms with E-state index in [9.17, 15) is 14.4 Å². The predicted octanol–water partition coefficient (Wildman–Crippen LogP) is 4.81. The van der Waals surface area contributed by atoms with Crippen LogP contribution in [-0.4, -0.2) is 47.6 Å². The molecule has 0 aliphatic carbocycles. The number of benzene rings is 3. The number of rotatable bonds is 10. The molecule has 9 nitrogen and oxygen atoms in total. The van der Waals surface area contributed by atoms with Gasteiger partial charge in [0.05, 0.1) is 25.8 Å². The Morgan fingerprint density at radius 1 is 0.974 bits per heavy atom. The van der Waals surface area contributed by atoms with Gasteiger partial charge in [0.25, 0.3) is 11.8 Å². The Bertz CT molecular complexity index is 1350. The van der Waals surface area contributed by atoms with E-state index in [1.807, 2.05) is 6.92 Å². The van der Waals surface area contributed by atoms with E-state index in [0.717, 1.165) is 6.42 Å². The number of methoxy groups -OCH3 is 1. The van der Waals surface area contributed by atoms with E-state index in [-0.39, 0.29) is 11.5 Å². The molecule has 202 valence electrons. The van der Waals surface area contributed by atoms with E-state index in [4.69, 9.17) is 33.3 Å². The molecule has 1 saturated heterocycles. The summed E-state index contributed by atoms with van der Waals surface area (Å²) in [5.74, 6) is -0.101. The number of ether oxygens (including phenoxy) is 2. The summed E-state index contributed by atoms with van der Waals surface area (Å²) in [5.41, 5.74) is 4.02. The highest BCUT2D eigenvalue weighted by atomic mass is 35.5. The number of hydrogen-bond acceptors (Lipinski definition) is 6. The number of halogens is 1. The molecule has 1 unspecified atom stereocenters. The van der Waals surface area contributed by atoms with Gasteiger partial charge in [0.1, 0.15) is 17.5 Å². The number of nitrogens with zero attached hydrogens (tertiary/aromatic N) is 2. The summed E-state index contributed by atoms with van der Waals surface area (Å²) in [6.45, 7) is 2.61. The molecular weight excluding hydrogens is 540 g/mol. The zero-order valence-corrected chi connectivity index (χ0v) is 22.9. The van der Waals surface area contributed by atoms with Gasteiger partial charge in [0.15, 0.2) is 0 Å². The van der Waals surface area contributed by atoms with Crippen molar-refractivity contribution < 1.29 is 23.9 Å². The highest BCUT2D eigenvalue weighted by Crippen LogP contribution is 2.28. The molecule has 1 atom stereocenters. The molecule has 4 rings (SSSR count). The summed E-state index contributed by atoms with van der Waals surface area (Å²) in [7, 11) is 1.54. The second-order valence-electron chi connectivity index (χ2n) is 8.61. The predicted molar refractivity (Wildman–Crippen MR) is 153 cm³/mol. The van der Waals surface area contributed by atoms with Gasteiger partial charge < -0.3 is 14.8 Å². The number of hydrogen-bond donors (Lipinski definition) is 2. The molecule has 1 aliphatic rings. The van der Waals surface area contributed by atoms with Crippen molar-refractivity contribution in [3.8, 4) is 11.5 Å². The van der Waals surface area contributed by atoms with Crippen LogP contribution < -0.4 is 25.1 Å². The lowest BCUT2D eigenvalue weighted by Gasteiger charge is -2.24. The van der Waals surface area contributed by atoms with Crippen molar-refractivity contribution in [1.82, 2.24) is 10.4 Å². The first-order valence-electron chi connectivity index (χ1n) is 12.2. The number of amides is 3. The minimum Gasteiger partial charge on any atom is -0.497 e. The fourth-order valence-electron chi connectivity index (χ4n) is 3.89. The van der Waals surface area contributed by atoms with E-state index < -0.39 is 23.8 Å². The highest BCUT2D eigenvalue weighted by Gasteiger charge is 2.45. The molecule has 0 aromatic heterocycles. The first kappa shape index (κ1) is 27.9. The van der Waals surface area contributed by atoms with Crippen LogP contribution in [0.1, 0.15) is 30.1 Å². The average Bonchev–Trinajstić information content (AvgIpc) is 3.16. The van der Waals surface area contributed by atoms with Crippen molar-refractivity contribution in [3.63, 3.8) is 0 Å². The molecule has 3 aromatic carbocycles. The molecule has 3 amide bonds. The molecule has 1 aliphatic heterocycles. The third kappa shape index (κ3) is 6.65. The van der Waals surface area contributed by atoms with Crippen LogP contribution >= 0.6 is 23.8 Å². The number of carbonyl (C=O) groups is 3. The van der Waals surface area contributed by atoms with Crippen molar-refractivity contribution in [2.75, 3.05) is 23.9 Å². The Morgan fingerprint density at radius 2 is 1.62 bits per heavy atom. The van der Waals surface area contributed by atoms with E-state index in [0.29, 0.717) is 40.1 Å². The summed E-state index contributed by atoms with van der Waals surface area (Å²) in [4.78, 5) is 40.9. The molecule has 1 fully saturated rings. The van der Waals surface area contributed by atoms with Crippen LogP contribution in [0.15, 0.2) is 72.8 Å². The number of nitrogens with one attached hydrogen (secondary N) is 2. The molecule has 2 N–H and O–H groups in total. The summed E-state index contributed by atoms with van der Waals surface area (Å²) < 4.78 is 10.8. The van der Waals surface area contributed by atoms with Crippen LogP contribution in [0.3, 0.4) is 0 Å². The number of thiocarbonyl (C=S) groups is 1. The van der Waals surface area contributed by atoms with Crippen LogP contribution in [-0.2, 0) is 9.59 Å². The van der Waals surface area contributed by atoms with Crippen molar-refractivity contribution in [1.29, 1.82) is 0 Å². The van der Waals surface area contributed by atoms with Crippen LogP contribution in [0, 0.1) is 0 Å². The third-order valence-corrected chi connectivity index (χ3v) is 6.49. The smallest absolute Gasteiger partial charge is 0.269 e. The SMILES string of the molecule is CCCOc1ccc(NC(=O)CC2C(=O)N(c3ccc(OC)cc3)C(=S)N2NC(=O)c2ccc(Cl)cc2)cc1. The van der Waals surface area contributed by atoms with Gasteiger partial charge in [-0.05, 0) is 91.4 Å². The van der Waals surface area contributed by atoms with Crippen molar-refractivity contribution >= 4 is 58.0 Å². The summed E-state index contributed by atoms with van der Waals surface area (Å²) >= 11 is 11.5. The lowest BCUT2D eigenvalue weighted by Crippen LogP contribution is -2.49. The molecule has 0 spiro atoms. The van der Waals surface area contributed by atoms with E-state index >= 15 is 0 Å². The molecule has 0 bridgehead atoms. The monoisotopic (exact) mass is 566 g/mol. The van der Waals surface area contributed by atoms with Crippen molar-refractivity contribution in [3.05, 3.63) is 83.4 Å². The Hall–Kier alpha value is -4.15. The summed E-state index contributed by atoms with van der Waals surface area (Å²) in [6.07, 6.45) is 0.620. The molecule has 0 radical (unpaired) electrons. The standard InChI is InChI=1S/C28H27ClN4O5S/c1-3-16-38-23-12-8-20(9-13-23)30-25(34)17-24-27(36)32(21-10-14-22(37-2)15-11-21)28(39)33(24)31-26(35)18-4-6-19(29)7-5-18/h4-15,24H,3,16-17H2,1-2H3,(H,30,34)(H,31,35). The quantitative estimate of drug-likeness (QED) is 0.340. The maximum absolute atomic E-state index is 13.6. The van der Waals surface area contributed by atoms with Gasteiger partial charge in [-0.25, -0.2) is 5.01 Å². The van der Waals surface area contributed by atoms with Gasteiger partial charge in [0, 0.05) is 16.3 Å². The minimum atomic E-state index is -1.08. The Morgan fingerprint density at radius 3 is 2.23 bits per heavy atom. The second-order valence-corrected chi connectivity index (χ2v) is 9.41. The molecule has 11 heteroatoms. The van der Waals surface area contributed by atoms with E-state index in [1.54, 1.807) is 72.8 Å². The fourth-order valence-corrected chi connectivity index (χ4v) is 4.38.